The van der Waals surface area contributed by atoms with Crippen LogP contribution in [0, 0.1) is 12.7 Å². The maximum atomic E-state index is 13.2. The second kappa shape index (κ2) is 13.4. The van der Waals surface area contributed by atoms with Crippen LogP contribution in [0.1, 0.15) is 69.0 Å². The van der Waals surface area contributed by atoms with Gasteiger partial charge in [-0.25, -0.2) is 9.18 Å². The number of rotatable bonds is 10. The molecule has 1 N–H and O–H groups in total. The average Bonchev–Trinajstić information content (AvgIpc) is 3.02. The van der Waals surface area contributed by atoms with Crippen molar-refractivity contribution in [1.29, 1.82) is 0 Å². The number of aliphatic carboxylic acids is 1. The van der Waals surface area contributed by atoms with Gasteiger partial charge in [-0.2, -0.15) is 0 Å². The summed E-state index contributed by atoms with van der Waals surface area (Å²) in [6, 6.07) is 20.7. The molecule has 0 bridgehead atoms. The van der Waals surface area contributed by atoms with E-state index in [0.717, 1.165) is 42.7 Å². The van der Waals surface area contributed by atoms with Gasteiger partial charge >= 0.3 is 5.97 Å². The van der Waals surface area contributed by atoms with Crippen molar-refractivity contribution in [3.8, 4) is 17.0 Å². The molecule has 3 heterocycles. The summed E-state index contributed by atoms with van der Waals surface area (Å²) in [5, 5.41) is 10.4. The van der Waals surface area contributed by atoms with Crippen molar-refractivity contribution in [2.75, 3.05) is 24.6 Å². The van der Waals surface area contributed by atoms with Crippen LogP contribution in [0.2, 0.25) is 0 Å². The van der Waals surface area contributed by atoms with Gasteiger partial charge in [0.25, 0.3) is 0 Å². The highest BCUT2D eigenvalue weighted by Crippen LogP contribution is 2.44. The Bertz CT molecular complexity index is 1590. The smallest absolute Gasteiger partial charge is 0.337 e. The summed E-state index contributed by atoms with van der Waals surface area (Å²) < 4.78 is 25.3. The van der Waals surface area contributed by atoms with E-state index < -0.39 is 17.7 Å². The maximum absolute atomic E-state index is 13.2. The molecule has 45 heavy (non-hydrogen) atoms. The Labute approximate surface area is 265 Å². The minimum absolute atomic E-state index is 0.0133. The maximum Gasteiger partial charge on any atom is 0.337 e. The third-order valence-electron chi connectivity index (χ3n) is 8.48. The van der Waals surface area contributed by atoms with Crippen molar-refractivity contribution >= 4 is 11.7 Å². The number of carbonyl (C=O) groups is 1. The van der Waals surface area contributed by atoms with Gasteiger partial charge in [0.15, 0.2) is 6.10 Å². The molecule has 0 radical (unpaired) electrons. The molecule has 1 aliphatic rings. The van der Waals surface area contributed by atoms with Gasteiger partial charge in [0.1, 0.15) is 11.6 Å². The molecule has 236 valence electrons. The summed E-state index contributed by atoms with van der Waals surface area (Å²) in [6.45, 7) is 11.6. The summed E-state index contributed by atoms with van der Waals surface area (Å²) in [4.78, 5) is 24.4. The van der Waals surface area contributed by atoms with Crippen molar-refractivity contribution in [2.24, 2.45) is 0 Å². The van der Waals surface area contributed by atoms with Gasteiger partial charge in [0.05, 0.1) is 29.8 Å². The Kier molecular flexibility index (Phi) is 9.53. The van der Waals surface area contributed by atoms with Crippen LogP contribution < -0.4 is 9.64 Å². The molecular formula is C37H42FN3O4. The monoisotopic (exact) mass is 611 g/mol. The molecule has 8 heteroatoms. The summed E-state index contributed by atoms with van der Waals surface area (Å²) in [6.07, 6.45) is 4.70. The number of anilines is 1. The van der Waals surface area contributed by atoms with E-state index in [0.29, 0.717) is 35.7 Å². The fourth-order valence-corrected chi connectivity index (χ4v) is 5.95. The number of aromatic nitrogens is 2. The van der Waals surface area contributed by atoms with E-state index in [1.807, 2.05) is 45.9 Å². The van der Waals surface area contributed by atoms with Gasteiger partial charge in [-0.3, -0.25) is 9.97 Å². The van der Waals surface area contributed by atoms with Gasteiger partial charge in [0.2, 0.25) is 0 Å². The molecule has 0 aliphatic carbocycles. The predicted molar refractivity (Wildman–Crippen MR) is 174 cm³/mol. The zero-order valence-electron chi connectivity index (χ0n) is 26.7. The lowest BCUT2D eigenvalue weighted by Gasteiger charge is -2.42. The number of halogens is 1. The quantitative estimate of drug-likeness (QED) is 0.197. The normalized spacial score (nSPS) is 15.5. The van der Waals surface area contributed by atoms with E-state index in [-0.39, 0.29) is 11.2 Å². The second-order valence-corrected chi connectivity index (χ2v) is 13.0. The van der Waals surface area contributed by atoms with Crippen LogP contribution in [-0.2, 0) is 21.4 Å². The lowest BCUT2D eigenvalue weighted by atomic mass is 9.74. The van der Waals surface area contributed by atoms with Crippen LogP contribution in [0.5, 0.6) is 5.75 Å². The number of aryl methyl sites for hydroxylation is 1. The standard InChI is InChI=1S/C37H42FN3O4/c1-25-32(34(35(42)43)45-36(2,3)4)33(41-20-18-37(5,19-21-41)27-9-7-6-8-10-27)30(24-39-25)31-16-15-29(23-40-31)44-22-17-26-11-13-28(38)14-12-26/h6-16,23-24,34H,17-22H2,1-5H3,(H,42,43)/t34-/m0/s1. The highest BCUT2D eigenvalue weighted by Gasteiger charge is 2.37. The number of hydrogen-bond acceptors (Lipinski definition) is 6. The Morgan fingerprint density at radius 1 is 1.00 bits per heavy atom. The Morgan fingerprint density at radius 3 is 2.29 bits per heavy atom. The van der Waals surface area contributed by atoms with E-state index >= 15 is 0 Å². The van der Waals surface area contributed by atoms with E-state index in [1.54, 1.807) is 24.5 Å². The molecule has 1 atom stereocenters. The van der Waals surface area contributed by atoms with Crippen molar-refractivity contribution < 1.29 is 23.8 Å². The largest absolute Gasteiger partial charge is 0.492 e. The van der Waals surface area contributed by atoms with Crippen molar-refractivity contribution in [3.63, 3.8) is 0 Å². The number of ether oxygens (including phenoxy) is 2. The molecule has 4 aromatic rings. The zero-order valence-corrected chi connectivity index (χ0v) is 26.7. The summed E-state index contributed by atoms with van der Waals surface area (Å²) in [5.74, 6) is -0.710. The fraction of sp³-hybridized carbons (Fsp3) is 0.378. The molecule has 2 aromatic heterocycles. The molecule has 1 saturated heterocycles. The second-order valence-electron chi connectivity index (χ2n) is 13.0. The highest BCUT2D eigenvalue weighted by atomic mass is 19.1. The zero-order chi connectivity index (χ0) is 32.2. The Balaban J connectivity index is 1.47. The number of pyridine rings is 2. The van der Waals surface area contributed by atoms with Crippen molar-refractivity contribution in [3.05, 3.63) is 107 Å². The number of carboxylic acid groups (broad SMARTS) is 1. The van der Waals surface area contributed by atoms with Crippen LogP contribution in [0.25, 0.3) is 11.3 Å². The number of nitrogens with zero attached hydrogens (tertiary/aromatic N) is 3. The third-order valence-corrected chi connectivity index (χ3v) is 8.48. The number of hydrogen-bond donors (Lipinski definition) is 1. The first-order chi connectivity index (χ1) is 21.4. The number of benzene rings is 2. The van der Waals surface area contributed by atoms with E-state index in [2.05, 4.69) is 41.1 Å². The lowest BCUT2D eigenvalue weighted by molar-refractivity contribution is -0.160. The molecule has 2 aromatic carbocycles. The number of carboxylic acids is 1. The minimum Gasteiger partial charge on any atom is -0.492 e. The van der Waals surface area contributed by atoms with E-state index in [9.17, 15) is 14.3 Å². The molecule has 0 unspecified atom stereocenters. The van der Waals surface area contributed by atoms with Crippen LogP contribution in [0.3, 0.4) is 0 Å². The molecule has 1 aliphatic heterocycles. The van der Waals surface area contributed by atoms with E-state index in [1.165, 1.54) is 17.7 Å². The highest BCUT2D eigenvalue weighted by molar-refractivity contribution is 5.85. The van der Waals surface area contributed by atoms with Crippen molar-refractivity contribution in [1.82, 2.24) is 9.97 Å². The molecule has 7 nitrogen and oxygen atoms in total. The molecule has 1 fully saturated rings. The topological polar surface area (TPSA) is 84.8 Å². The predicted octanol–water partition coefficient (Wildman–Crippen LogP) is 7.71. The first-order valence-corrected chi connectivity index (χ1v) is 15.5. The first kappa shape index (κ1) is 32.1. The summed E-state index contributed by atoms with van der Waals surface area (Å²) in [5.41, 5.74) is 5.00. The summed E-state index contributed by atoms with van der Waals surface area (Å²) >= 11 is 0. The molecule has 5 rings (SSSR count). The first-order valence-electron chi connectivity index (χ1n) is 15.5. The van der Waals surface area contributed by atoms with Gasteiger partial charge in [0, 0.05) is 42.5 Å². The Hall–Kier alpha value is -4.30. The average molecular weight is 612 g/mol. The van der Waals surface area contributed by atoms with Gasteiger partial charge in [-0.15, -0.1) is 0 Å². The molecular weight excluding hydrogens is 569 g/mol. The summed E-state index contributed by atoms with van der Waals surface area (Å²) in [7, 11) is 0. The lowest BCUT2D eigenvalue weighted by Crippen LogP contribution is -2.42. The number of piperidine rings is 1. The van der Waals surface area contributed by atoms with Crippen LogP contribution in [-0.4, -0.2) is 46.3 Å². The van der Waals surface area contributed by atoms with Crippen LogP contribution in [0.4, 0.5) is 10.1 Å². The van der Waals surface area contributed by atoms with Crippen LogP contribution >= 0.6 is 0 Å². The Morgan fingerprint density at radius 2 is 1.69 bits per heavy atom. The van der Waals surface area contributed by atoms with Gasteiger partial charge in [-0.05, 0) is 81.3 Å². The fourth-order valence-electron chi connectivity index (χ4n) is 5.95. The van der Waals surface area contributed by atoms with Gasteiger partial charge < -0.3 is 19.5 Å². The van der Waals surface area contributed by atoms with Gasteiger partial charge in [-0.1, -0.05) is 49.4 Å². The minimum atomic E-state index is -1.20. The van der Waals surface area contributed by atoms with Crippen LogP contribution in [0.15, 0.2) is 79.1 Å². The SMILES string of the molecule is Cc1ncc(-c2ccc(OCCc3ccc(F)cc3)cn2)c(N2CCC(C)(c3ccccc3)CC2)c1[C@H](OC(C)(C)C)C(=O)O. The van der Waals surface area contributed by atoms with E-state index in [4.69, 9.17) is 14.5 Å². The molecule has 0 spiro atoms. The molecule has 0 saturated carbocycles. The van der Waals surface area contributed by atoms with Crippen molar-refractivity contribution in [2.45, 2.75) is 71.0 Å². The third kappa shape index (κ3) is 7.68. The molecule has 0 amide bonds.